The number of benzene rings is 1. The van der Waals surface area contributed by atoms with Crippen LogP contribution >= 0.6 is 0 Å². The first-order valence-electron chi connectivity index (χ1n) is 10.7. The topological polar surface area (TPSA) is 40.1 Å². The number of ether oxygens (including phenoxy) is 1. The van der Waals surface area contributed by atoms with Crippen LogP contribution < -0.4 is 5.32 Å². The van der Waals surface area contributed by atoms with Crippen molar-refractivity contribution in [3.8, 4) is 0 Å². The lowest BCUT2D eigenvalue weighted by Gasteiger charge is -2.55. The van der Waals surface area contributed by atoms with Crippen molar-refractivity contribution in [1.82, 2.24) is 15.1 Å². The maximum Gasteiger partial charge on any atom is 0.416 e. The van der Waals surface area contributed by atoms with E-state index in [4.69, 9.17) is 4.74 Å². The van der Waals surface area contributed by atoms with Crippen molar-refractivity contribution in [1.29, 1.82) is 0 Å². The number of hydrogen-bond donors (Lipinski definition) is 1. The van der Waals surface area contributed by atoms with Gasteiger partial charge in [0.2, 0.25) is 0 Å². The quantitative estimate of drug-likeness (QED) is 0.598. The highest BCUT2D eigenvalue weighted by Gasteiger charge is 2.59. The Bertz CT molecular complexity index is 787. The van der Waals surface area contributed by atoms with Gasteiger partial charge in [-0.1, -0.05) is 32.0 Å². The van der Waals surface area contributed by atoms with Crippen LogP contribution in [0.2, 0.25) is 0 Å². The molecule has 1 saturated carbocycles. The number of nitrogens with zero attached hydrogens (tertiary/aromatic N) is 3. The van der Waals surface area contributed by atoms with Gasteiger partial charge in [0, 0.05) is 63.8 Å². The van der Waals surface area contributed by atoms with Crippen molar-refractivity contribution in [2.45, 2.75) is 45.1 Å². The molecular formula is C22H31F3N4O. The van der Waals surface area contributed by atoms with Gasteiger partial charge in [-0.2, -0.15) is 13.2 Å². The van der Waals surface area contributed by atoms with Crippen molar-refractivity contribution >= 4 is 5.96 Å². The number of guanidine groups is 1. The van der Waals surface area contributed by atoms with Gasteiger partial charge in [0.05, 0.1) is 11.7 Å². The molecule has 0 bridgehead atoms. The van der Waals surface area contributed by atoms with Crippen LogP contribution in [0, 0.1) is 11.3 Å². The lowest BCUT2D eigenvalue weighted by atomic mass is 9.57. The fourth-order valence-corrected chi connectivity index (χ4v) is 5.28. The van der Waals surface area contributed by atoms with Gasteiger partial charge in [-0.3, -0.25) is 9.89 Å². The van der Waals surface area contributed by atoms with Crippen molar-refractivity contribution in [3.63, 3.8) is 0 Å². The Kier molecular flexibility index (Phi) is 5.74. The predicted molar refractivity (Wildman–Crippen MR) is 110 cm³/mol. The molecule has 0 spiro atoms. The van der Waals surface area contributed by atoms with E-state index in [1.807, 2.05) is 7.05 Å². The molecule has 2 heterocycles. The first-order chi connectivity index (χ1) is 14.2. The summed E-state index contributed by atoms with van der Waals surface area (Å²) in [6.45, 7) is 9.05. The predicted octanol–water partition coefficient (Wildman–Crippen LogP) is 3.21. The maximum atomic E-state index is 13.0. The molecule has 0 amide bonds. The van der Waals surface area contributed by atoms with Crippen molar-refractivity contribution < 1.29 is 17.9 Å². The highest BCUT2D eigenvalue weighted by atomic mass is 19.4. The lowest BCUT2D eigenvalue weighted by Crippen LogP contribution is -2.68. The largest absolute Gasteiger partial charge is 0.416 e. The van der Waals surface area contributed by atoms with Crippen LogP contribution in [0.1, 0.15) is 31.4 Å². The molecule has 1 aliphatic carbocycles. The molecule has 3 atom stereocenters. The number of aliphatic imine (C=N–C) groups is 1. The molecule has 5 nitrogen and oxygen atoms in total. The maximum absolute atomic E-state index is 13.0. The number of alkyl halides is 3. The number of rotatable bonds is 3. The Morgan fingerprint density at radius 3 is 2.63 bits per heavy atom. The summed E-state index contributed by atoms with van der Waals surface area (Å²) in [5.74, 6) is 1.45. The molecular weight excluding hydrogens is 393 g/mol. The van der Waals surface area contributed by atoms with Gasteiger partial charge in [0.15, 0.2) is 5.96 Å². The summed E-state index contributed by atoms with van der Waals surface area (Å²) in [4.78, 5) is 8.96. The number of piperazine rings is 1. The van der Waals surface area contributed by atoms with E-state index in [0.717, 1.165) is 51.2 Å². The van der Waals surface area contributed by atoms with E-state index in [1.54, 1.807) is 6.07 Å². The van der Waals surface area contributed by atoms with E-state index < -0.39 is 11.7 Å². The first kappa shape index (κ1) is 21.4. The minimum Gasteiger partial charge on any atom is -0.377 e. The van der Waals surface area contributed by atoms with Crippen LogP contribution in [0.4, 0.5) is 13.2 Å². The van der Waals surface area contributed by atoms with Crippen LogP contribution in [0.3, 0.4) is 0 Å². The van der Waals surface area contributed by atoms with Crippen LogP contribution in [0.15, 0.2) is 29.3 Å². The normalized spacial score (nSPS) is 29.5. The second kappa shape index (κ2) is 8.04. The summed E-state index contributed by atoms with van der Waals surface area (Å²) in [6.07, 6.45) is -2.88. The van der Waals surface area contributed by atoms with Gasteiger partial charge >= 0.3 is 6.18 Å². The summed E-state index contributed by atoms with van der Waals surface area (Å²) in [7, 11) is 1.81. The Hall–Kier alpha value is -1.80. The number of nitrogens with one attached hydrogen (secondary N) is 1. The Morgan fingerprint density at radius 1 is 1.23 bits per heavy atom. The average molecular weight is 425 g/mol. The smallest absolute Gasteiger partial charge is 0.377 e. The summed E-state index contributed by atoms with van der Waals surface area (Å²) in [5.41, 5.74) is 0.201. The molecule has 1 aromatic carbocycles. The minimum atomic E-state index is -4.30. The molecule has 30 heavy (non-hydrogen) atoms. The summed E-state index contributed by atoms with van der Waals surface area (Å²) in [5, 5.41) is 3.68. The van der Waals surface area contributed by atoms with E-state index in [1.165, 1.54) is 12.1 Å². The molecule has 1 aromatic rings. The van der Waals surface area contributed by atoms with Gasteiger partial charge in [0.1, 0.15) is 0 Å². The third kappa shape index (κ3) is 4.04. The third-order valence-electron chi connectivity index (χ3n) is 6.93. The van der Waals surface area contributed by atoms with Gasteiger partial charge < -0.3 is 15.0 Å². The minimum absolute atomic E-state index is 0.0857. The molecule has 166 valence electrons. The second-order valence-corrected chi connectivity index (χ2v) is 9.20. The fraction of sp³-hybridized carbons (Fsp3) is 0.682. The van der Waals surface area contributed by atoms with Crippen LogP contribution in [0.25, 0.3) is 0 Å². The number of hydrogen-bond acceptors (Lipinski definition) is 3. The molecule has 4 rings (SSSR count). The second-order valence-electron chi connectivity index (χ2n) is 9.20. The fourth-order valence-electron chi connectivity index (χ4n) is 5.28. The van der Waals surface area contributed by atoms with Gasteiger partial charge in [-0.15, -0.1) is 0 Å². The van der Waals surface area contributed by atoms with Crippen LogP contribution in [-0.2, 0) is 17.5 Å². The average Bonchev–Trinajstić information content (AvgIpc) is 3.16. The van der Waals surface area contributed by atoms with Crippen LogP contribution in [0.5, 0.6) is 0 Å². The highest BCUT2D eigenvalue weighted by Crippen LogP contribution is 2.52. The molecule has 2 aliphatic heterocycles. The van der Waals surface area contributed by atoms with Crippen molar-refractivity contribution in [2.24, 2.45) is 16.3 Å². The number of fused-ring (bicyclic) bond motifs is 1. The summed E-state index contributed by atoms with van der Waals surface area (Å²) >= 11 is 0. The van der Waals surface area contributed by atoms with Crippen molar-refractivity contribution in [2.75, 3.05) is 39.8 Å². The molecule has 3 aliphatic rings. The van der Waals surface area contributed by atoms with E-state index in [-0.39, 0.29) is 5.41 Å². The Morgan fingerprint density at radius 2 is 1.97 bits per heavy atom. The standard InChI is InChI=1S/C22H31F3N4O/c1-21(2)18(17-7-12-30-19(17)21)27-20(26-3)29-10-8-28(9-11-29)14-15-5-4-6-16(13-15)22(23,24)25/h4-6,13,17-19H,7-12,14H2,1-3H3,(H,26,27). The van der Waals surface area contributed by atoms with E-state index in [2.05, 4.69) is 34.0 Å². The SMILES string of the molecule is CN=C(NC1C2CCOC2C1(C)C)N1CCN(Cc2cccc(C(F)(F)F)c2)CC1. The van der Waals surface area contributed by atoms with Crippen LogP contribution in [-0.4, -0.2) is 67.7 Å². The lowest BCUT2D eigenvalue weighted by molar-refractivity contribution is -0.137. The molecule has 3 fully saturated rings. The van der Waals surface area contributed by atoms with Gasteiger partial charge in [0.25, 0.3) is 0 Å². The molecule has 2 saturated heterocycles. The first-order valence-corrected chi connectivity index (χ1v) is 10.7. The molecule has 3 unspecified atom stereocenters. The van der Waals surface area contributed by atoms with E-state index >= 15 is 0 Å². The molecule has 8 heteroatoms. The van der Waals surface area contributed by atoms with Gasteiger partial charge in [-0.05, 0) is 18.1 Å². The summed E-state index contributed by atoms with van der Waals surface area (Å²) < 4.78 is 44.7. The zero-order valence-electron chi connectivity index (χ0n) is 17.9. The zero-order chi connectivity index (χ0) is 21.5. The summed E-state index contributed by atoms with van der Waals surface area (Å²) in [6, 6.07) is 5.98. The zero-order valence-corrected chi connectivity index (χ0v) is 17.9. The monoisotopic (exact) mass is 424 g/mol. The van der Waals surface area contributed by atoms with E-state index in [9.17, 15) is 13.2 Å². The third-order valence-corrected chi connectivity index (χ3v) is 6.93. The Balaban J connectivity index is 1.32. The molecule has 0 radical (unpaired) electrons. The van der Waals surface area contributed by atoms with Crippen molar-refractivity contribution in [3.05, 3.63) is 35.4 Å². The molecule has 0 aromatic heterocycles. The molecule has 1 N–H and O–H groups in total. The van der Waals surface area contributed by atoms with E-state index in [0.29, 0.717) is 30.2 Å². The number of halogens is 3. The highest BCUT2D eigenvalue weighted by molar-refractivity contribution is 5.80. The Labute approximate surface area is 176 Å². The van der Waals surface area contributed by atoms with Gasteiger partial charge in [-0.25, -0.2) is 0 Å².